The number of thiophene rings is 1. The Bertz CT molecular complexity index is 580. The van der Waals surface area contributed by atoms with Crippen molar-refractivity contribution in [1.82, 2.24) is 14.9 Å². The van der Waals surface area contributed by atoms with Gasteiger partial charge in [0.1, 0.15) is 11.4 Å². The predicted octanol–water partition coefficient (Wildman–Crippen LogP) is 2.54. The highest BCUT2D eigenvalue weighted by Gasteiger charge is 2.35. The second-order valence-corrected chi connectivity index (χ2v) is 5.89. The maximum absolute atomic E-state index is 12.3. The van der Waals surface area contributed by atoms with Crippen molar-refractivity contribution in [2.75, 3.05) is 13.2 Å². The van der Waals surface area contributed by atoms with Crippen molar-refractivity contribution < 1.29 is 9.53 Å². The third-order valence-corrected chi connectivity index (χ3v) is 4.10. The first-order chi connectivity index (χ1) is 10.1. The Hall–Kier alpha value is -1.66. The lowest BCUT2D eigenvalue weighted by Gasteiger charge is -2.29. The van der Waals surface area contributed by atoms with E-state index < -0.39 is 5.54 Å². The van der Waals surface area contributed by atoms with Crippen LogP contribution in [0.5, 0.6) is 0 Å². The fourth-order valence-corrected chi connectivity index (χ4v) is 3.02. The molecule has 21 heavy (non-hydrogen) atoms. The van der Waals surface area contributed by atoms with Crippen molar-refractivity contribution in [3.8, 4) is 10.7 Å². The van der Waals surface area contributed by atoms with Crippen LogP contribution in [0.3, 0.4) is 0 Å². The Morgan fingerprint density at radius 1 is 1.52 bits per heavy atom. The van der Waals surface area contributed by atoms with Crippen molar-refractivity contribution in [2.45, 2.75) is 32.9 Å². The summed E-state index contributed by atoms with van der Waals surface area (Å²) in [7, 11) is 0. The van der Waals surface area contributed by atoms with E-state index in [-0.39, 0.29) is 5.97 Å². The molecule has 2 aromatic heterocycles. The number of ether oxygens (including phenoxy) is 1. The van der Waals surface area contributed by atoms with Crippen LogP contribution in [0, 0.1) is 0 Å². The number of carbonyl (C=O) groups is 1. The SMILES string of the molecule is CCNC(C)(Cn1ccnc1-c1cccs1)C(=O)OCC. The van der Waals surface area contributed by atoms with Crippen molar-refractivity contribution in [3.63, 3.8) is 0 Å². The zero-order valence-corrected chi connectivity index (χ0v) is 13.4. The second kappa shape index (κ2) is 6.87. The molecule has 2 heterocycles. The summed E-state index contributed by atoms with van der Waals surface area (Å²) in [6.07, 6.45) is 3.65. The molecule has 6 heteroatoms. The number of nitrogens with one attached hydrogen (secondary N) is 1. The second-order valence-electron chi connectivity index (χ2n) is 4.94. The van der Waals surface area contributed by atoms with E-state index in [1.54, 1.807) is 17.5 Å². The highest BCUT2D eigenvalue weighted by molar-refractivity contribution is 7.13. The van der Waals surface area contributed by atoms with Crippen LogP contribution in [-0.4, -0.2) is 34.2 Å². The van der Waals surface area contributed by atoms with Crippen LogP contribution in [0.15, 0.2) is 29.9 Å². The number of hydrogen-bond donors (Lipinski definition) is 1. The molecule has 0 aromatic carbocycles. The lowest BCUT2D eigenvalue weighted by atomic mass is 10.0. The van der Waals surface area contributed by atoms with E-state index in [4.69, 9.17) is 4.74 Å². The Labute approximate surface area is 129 Å². The Morgan fingerprint density at radius 2 is 2.33 bits per heavy atom. The quantitative estimate of drug-likeness (QED) is 0.799. The molecular formula is C15H21N3O2S. The first-order valence-electron chi connectivity index (χ1n) is 7.08. The first kappa shape index (κ1) is 15.7. The summed E-state index contributed by atoms with van der Waals surface area (Å²) in [4.78, 5) is 17.8. The molecule has 1 atom stereocenters. The van der Waals surface area contributed by atoms with Crippen LogP contribution in [0.25, 0.3) is 10.7 Å². The predicted molar refractivity (Wildman–Crippen MR) is 84.3 cm³/mol. The molecule has 0 radical (unpaired) electrons. The first-order valence-corrected chi connectivity index (χ1v) is 7.96. The molecule has 0 saturated heterocycles. The third kappa shape index (κ3) is 3.51. The fraction of sp³-hybridized carbons (Fsp3) is 0.467. The van der Waals surface area contributed by atoms with Crippen LogP contribution in [0.2, 0.25) is 0 Å². The van der Waals surface area contributed by atoms with Gasteiger partial charge < -0.3 is 14.6 Å². The van der Waals surface area contributed by atoms with Gasteiger partial charge in [-0.15, -0.1) is 11.3 Å². The summed E-state index contributed by atoms with van der Waals surface area (Å²) in [6.45, 7) is 7.21. The molecule has 0 bridgehead atoms. The van der Waals surface area contributed by atoms with Crippen LogP contribution >= 0.6 is 11.3 Å². The minimum absolute atomic E-state index is 0.238. The molecule has 0 spiro atoms. The van der Waals surface area contributed by atoms with Gasteiger partial charge in [0.15, 0.2) is 0 Å². The minimum Gasteiger partial charge on any atom is -0.465 e. The van der Waals surface area contributed by atoms with Gasteiger partial charge in [0.2, 0.25) is 0 Å². The molecule has 114 valence electrons. The standard InChI is InChI=1S/C15H21N3O2S/c1-4-17-15(3,14(19)20-5-2)11-18-9-8-16-13(18)12-7-6-10-21-12/h6-10,17H,4-5,11H2,1-3H3. The highest BCUT2D eigenvalue weighted by atomic mass is 32.1. The Morgan fingerprint density at radius 3 is 2.95 bits per heavy atom. The van der Waals surface area contributed by atoms with Gasteiger partial charge in [0.25, 0.3) is 0 Å². The molecule has 0 saturated carbocycles. The average molecular weight is 307 g/mol. The van der Waals surface area contributed by atoms with Crippen molar-refractivity contribution >= 4 is 17.3 Å². The average Bonchev–Trinajstić information content (AvgIpc) is 3.09. The third-order valence-electron chi connectivity index (χ3n) is 3.24. The summed E-state index contributed by atoms with van der Waals surface area (Å²) >= 11 is 1.63. The van der Waals surface area contributed by atoms with Gasteiger partial charge >= 0.3 is 5.97 Å². The summed E-state index contributed by atoms with van der Waals surface area (Å²) in [6, 6.07) is 4.02. The van der Waals surface area contributed by atoms with E-state index in [1.165, 1.54) is 0 Å². The van der Waals surface area contributed by atoms with Crippen LogP contribution < -0.4 is 5.32 Å². The molecule has 2 aromatic rings. The molecule has 0 amide bonds. The van der Waals surface area contributed by atoms with Crippen molar-refractivity contribution in [2.24, 2.45) is 0 Å². The molecule has 1 unspecified atom stereocenters. The van der Waals surface area contributed by atoms with Gasteiger partial charge in [0.05, 0.1) is 18.0 Å². The zero-order chi connectivity index (χ0) is 15.3. The lowest BCUT2D eigenvalue weighted by Crippen LogP contribution is -2.53. The number of esters is 1. The number of aromatic nitrogens is 2. The summed E-state index contributed by atoms with van der Waals surface area (Å²) in [5.74, 6) is 0.635. The molecule has 0 fully saturated rings. The monoisotopic (exact) mass is 307 g/mol. The lowest BCUT2D eigenvalue weighted by molar-refractivity contribution is -0.151. The molecule has 0 aliphatic carbocycles. The summed E-state index contributed by atoms with van der Waals surface area (Å²) in [5, 5.41) is 5.25. The number of imidazole rings is 1. The molecule has 5 nitrogen and oxygen atoms in total. The topological polar surface area (TPSA) is 56.2 Å². The van der Waals surface area contributed by atoms with Crippen LogP contribution in [0.4, 0.5) is 0 Å². The maximum atomic E-state index is 12.3. The maximum Gasteiger partial charge on any atom is 0.327 e. The van der Waals surface area contributed by atoms with Gasteiger partial charge in [-0.25, -0.2) is 9.78 Å². The van der Waals surface area contributed by atoms with E-state index in [1.807, 2.05) is 49.0 Å². The van der Waals surface area contributed by atoms with Crippen molar-refractivity contribution in [1.29, 1.82) is 0 Å². The van der Waals surface area contributed by atoms with Gasteiger partial charge in [-0.1, -0.05) is 13.0 Å². The Kier molecular flexibility index (Phi) is 5.14. The smallest absolute Gasteiger partial charge is 0.327 e. The van der Waals surface area contributed by atoms with E-state index in [0.717, 1.165) is 10.7 Å². The van der Waals surface area contributed by atoms with Crippen LogP contribution in [0.1, 0.15) is 20.8 Å². The largest absolute Gasteiger partial charge is 0.465 e. The van der Waals surface area contributed by atoms with E-state index in [0.29, 0.717) is 19.7 Å². The normalized spacial score (nSPS) is 13.9. The van der Waals surface area contributed by atoms with E-state index in [2.05, 4.69) is 10.3 Å². The highest BCUT2D eigenvalue weighted by Crippen LogP contribution is 2.24. The molecule has 0 aliphatic rings. The van der Waals surface area contributed by atoms with Gasteiger partial charge in [0, 0.05) is 12.4 Å². The van der Waals surface area contributed by atoms with Gasteiger partial charge in [-0.05, 0) is 31.8 Å². The van der Waals surface area contributed by atoms with E-state index in [9.17, 15) is 4.79 Å². The number of nitrogens with zero attached hydrogens (tertiary/aromatic N) is 2. The minimum atomic E-state index is -0.766. The van der Waals surface area contributed by atoms with Gasteiger partial charge in [-0.2, -0.15) is 0 Å². The molecule has 2 rings (SSSR count). The van der Waals surface area contributed by atoms with Gasteiger partial charge in [-0.3, -0.25) is 0 Å². The van der Waals surface area contributed by atoms with Crippen LogP contribution in [-0.2, 0) is 16.1 Å². The number of hydrogen-bond acceptors (Lipinski definition) is 5. The summed E-state index contributed by atoms with van der Waals surface area (Å²) < 4.78 is 7.20. The number of rotatable bonds is 7. The van der Waals surface area contributed by atoms with E-state index >= 15 is 0 Å². The van der Waals surface area contributed by atoms with Crippen molar-refractivity contribution in [3.05, 3.63) is 29.9 Å². The zero-order valence-electron chi connectivity index (χ0n) is 12.6. The fourth-order valence-electron chi connectivity index (χ4n) is 2.28. The number of likely N-dealkylation sites (N-methyl/N-ethyl adjacent to an activating group) is 1. The summed E-state index contributed by atoms with van der Waals surface area (Å²) in [5.41, 5.74) is -0.766. The molecular weight excluding hydrogens is 286 g/mol. The molecule has 1 N–H and O–H groups in total. The molecule has 0 aliphatic heterocycles. The Balaban J connectivity index is 2.26. The number of carbonyl (C=O) groups excluding carboxylic acids is 1.